The highest BCUT2D eigenvalue weighted by Crippen LogP contribution is 2.23. The number of hydrogen-bond donors (Lipinski definition) is 2. The number of amides is 2. The quantitative estimate of drug-likeness (QED) is 0.706. The van der Waals surface area contributed by atoms with Crippen LogP contribution in [-0.2, 0) is 0 Å². The van der Waals surface area contributed by atoms with E-state index in [9.17, 15) is 14.4 Å². The first-order valence-corrected chi connectivity index (χ1v) is 9.02. The molecular weight excluding hydrogens is 378 g/mol. The van der Waals surface area contributed by atoms with Gasteiger partial charge < -0.3 is 15.2 Å². The first kappa shape index (κ1) is 19.6. The van der Waals surface area contributed by atoms with Crippen molar-refractivity contribution in [1.82, 2.24) is 9.88 Å². The fourth-order valence-electron chi connectivity index (χ4n) is 3.06. The number of carbonyl (C=O) groups excluding carboxylic acids is 2. The molecule has 1 aromatic heterocycles. The van der Waals surface area contributed by atoms with Crippen molar-refractivity contribution in [2.75, 3.05) is 19.4 Å². The maximum absolute atomic E-state index is 12.6. The largest absolute Gasteiger partial charge is 0.345 e. The number of carbonyl (C=O) groups is 2. The van der Waals surface area contributed by atoms with E-state index in [0.717, 1.165) is 16.5 Å². The fraction of sp³-hybridized carbons (Fsp3) is 0.190. The number of aromatic nitrogens is 1. The van der Waals surface area contributed by atoms with Gasteiger partial charge >= 0.3 is 0 Å². The summed E-state index contributed by atoms with van der Waals surface area (Å²) in [5.41, 5.74) is 2.94. The first-order chi connectivity index (χ1) is 13.2. The second kappa shape index (κ2) is 7.48. The van der Waals surface area contributed by atoms with Crippen LogP contribution >= 0.6 is 11.6 Å². The summed E-state index contributed by atoms with van der Waals surface area (Å²) >= 11 is 6.18. The number of nitrogens with zero attached hydrogens (tertiary/aromatic N) is 1. The van der Waals surface area contributed by atoms with Crippen LogP contribution < -0.4 is 10.9 Å². The number of aryl methyl sites for hydroxylation is 2. The molecule has 2 amide bonds. The van der Waals surface area contributed by atoms with E-state index in [1.165, 1.54) is 17.0 Å². The van der Waals surface area contributed by atoms with E-state index < -0.39 is 11.5 Å². The van der Waals surface area contributed by atoms with Gasteiger partial charge in [0.2, 0.25) is 0 Å². The monoisotopic (exact) mass is 397 g/mol. The number of hydrogen-bond acceptors (Lipinski definition) is 3. The van der Waals surface area contributed by atoms with E-state index in [-0.39, 0.29) is 16.5 Å². The molecule has 0 aliphatic heterocycles. The lowest BCUT2D eigenvalue weighted by Gasteiger charge is -2.13. The van der Waals surface area contributed by atoms with Gasteiger partial charge in [-0.25, -0.2) is 0 Å². The van der Waals surface area contributed by atoms with Crippen LogP contribution in [0.3, 0.4) is 0 Å². The van der Waals surface area contributed by atoms with Crippen LogP contribution in [-0.4, -0.2) is 35.8 Å². The number of pyridine rings is 1. The van der Waals surface area contributed by atoms with E-state index in [0.29, 0.717) is 16.8 Å². The lowest BCUT2D eigenvalue weighted by Crippen LogP contribution is -2.24. The molecule has 0 spiro atoms. The van der Waals surface area contributed by atoms with Gasteiger partial charge in [0, 0.05) is 19.8 Å². The Bertz CT molecular complexity index is 1170. The molecule has 0 saturated carbocycles. The van der Waals surface area contributed by atoms with Gasteiger partial charge in [-0.2, -0.15) is 0 Å². The van der Waals surface area contributed by atoms with Gasteiger partial charge in [0.15, 0.2) is 0 Å². The van der Waals surface area contributed by atoms with Crippen molar-refractivity contribution in [3.8, 4) is 0 Å². The van der Waals surface area contributed by atoms with Gasteiger partial charge in [-0.15, -0.1) is 0 Å². The zero-order chi connectivity index (χ0) is 20.6. The number of halogens is 1. The summed E-state index contributed by atoms with van der Waals surface area (Å²) in [7, 11) is 3.26. The third-order valence-corrected chi connectivity index (χ3v) is 4.71. The molecule has 6 nitrogen and oxygen atoms in total. The van der Waals surface area contributed by atoms with Gasteiger partial charge in [-0.05, 0) is 55.1 Å². The van der Waals surface area contributed by atoms with Crippen LogP contribution in [0.4, 0.5) is 5.69 Å². The summed E-state index contributed by atoms with van der Waals surface area (Å²) in [6.07, 6.45) is 0. The predicted molar refractivity (Wildman–Crippen MR) is 111 cm³/mol. The highest BCUT2D eigenvalue weighted by molar-refractivity contribution is 6.34. The minimum absolute atomic E-state index is 0.00191. The Labute approximate surface area is 167 Å². The van der Waals surface area contributed by atoms with Crippen molar-refractivity contribution in [1.29, 1.82) is 0 Å². The zero-order valence-electron chi connectivity index (χ0n) is 16.0. The number of benzene rings is 2. The minimum atomic E-state index is -0.551. The van der Waals surface area contributed by atoms with Crippen molar-refractivity contribution in [2.45, 2.75) is 13.8 Å². The standard InChI is InChI=1S/C21H20ClN3O3/c1-11-7-12(2)18-13(8-11)9-16(20(27)24-18)19(26)23-14-5-6-15(17(22)10-14)21(28)25(3)4/h5-10H,1-4H3,(H,23,26)(H,24,27). The normalized spacial score (nSPS) is 10.8. The molecule has 0 bridgehead atoms. The van der Waals surface area contributed by atoms with Crippen LogP contribution in [0, 0.1) is 13.8 Å². The van der Waals surface area contributed by atoms with Crippen molar-refractivity contribution >= 4 is 40.0 Å². The third-order valence-electron chi connectivity index (χ3n) is 4.40. The topological polar surface area (TPSA) is 82.3 Å². The Balaban J connectivity index is 1.93. The van der Waals surface area contributed by atoms with Crippen LogP contribution in [0.1, 0.15) is 31.8 Å². The van der Waals surface area contributed by atoms with Crippen LogP contribution in [0.2, 0.25) is 5.02 Å². The van der Waals surface area contributed by atoms with Gasteiger partial charge in [0.05, 0.1) is 16.1 Å². The molecule has 0 aliphatic rings. The average Bonchev–Trinajstić information content (AvgIpc) is 2.61. The maximum atomic E-state index is 12.6. The minimum Gasteiger partial charge on any atom is -0.345 e. The first-order valence-electron chi connectivity index (χ1n) is 8.64. The number of anilines is 1. The number of nitrogens with one attached hydrogen (secondary N) is 2. The van der Waals surface area contributed by atoms with Crippen molar-refractivity contribution in [3.05, 3.63) is 74.0 Å². The Morgan fingerprint density at radius 2 is 1.75 bits per heavy atom. The lowest BCUT2D eigenvalue weighted by atomic mass is 10.0. The van der Waals surface area contributed by atoms with E-state index in [4.69, 9.17) is 11.6 Å². The van der Waals surface area contributed by atoms with Crippen molar-refractivity contribution < 1.29 is 9.59 Å². The molecule has 28 heavy (non-hydrogen) atoms. The molecule has 0 atom stereocenters. The summed E-state index contributed by atoms with van der Waals surface area (Å²) in [5.74, 6) is -0.787. The molecule has 2 N–H and O–H groups in total. The Morgan fingerprint density at radius 3 is 2.39 bits per heavy atom. The third kappa shape index (κ3) is 3.77. The molecule has 0 unspecified atom stereocenters. The van der Waals surface area contributed by atoms with E-state index >= 15 is 0 Å². The summed E-state index contributed by atoms with van der Waals surface area (Å²) in [6, 6.07) is 10.1. The van der Waals surface area contributed by atoms with Crippen molar-refractivity contribution in [2.24, 2.45) is 0 Å². The van der Waals surface area contributed by atoms with Crippen LogP contribution in [0.5, 0.6) is 0 Å². The Kier molecular flexibility index (Phi) is 5.25. The Morgan fingerprint density at radius 1 is 1.04 bits per heavy atom. The molecule has 0 aliphatic carbocycles. The van der Waals surface area contributed by atoms with E-state index in [2.05, 4.69) is 10.3 Å². The van der Waals surface area contributed by atoms with Gasteiger partial charge in [-0.1, -0.05) is 23.2 Å². The number of fused-ring (bicyclic) bond motifs is 1. The SMILES string of the molecule is Cc1cc(C)c2[nH]c(=O)c(C(=O)Nc3ccc(C(=O)N(C)C)c(Cl)c3)cc2c1. The summed E-state index contributed by atoms with van der Waals surface area (Å²) in [6.45, 7) is 3.86. The number of aromatic amines is 1. The number of rotatable bonds is 3. The molecule has 3 aromatic rings. The van der Waals surface area contributed by atoms with Gasteiger partial charge in [0.1, 0.15) is 5.56 Å². The highest BCUT2D eigenvalue weighted by Gasteiger charge is 2.16. The molecule has 2 aromatic carbocycles. The Hall–Kier alpha value is -3.12. The molecule has 0 radical (unpaired) electrons. The lowest BCUT2D eigenvalue weighted by molar-refractivity contribution is 0.0827. The number of H-pyrrole nitrogens is 1. The van der Waals surface area contributed by atoms with Crippen LogP contribution in [0.15, 0.2) is 41.2 Å². The van der Waals surface area contributed by atoms with Gasteiger partial charge in [0.25, 0.3) is 17.4 Å². The predicted octanol–water partition coefficient (Wildman–Crippen LogP) is 3.75. The highest BCUT2D eigenvalue weighted by atomic mass is 35.5. The van der Waals surface area contributed by atoms with E-state index in [1.807, 2.05) is 26.0 Å². The second-order valence-electron chi connectivity index (χ2n) is 6.91. The molecule has 1 heterocycles. The zero-order valence-corrected chi connectivity index (χ0v) is 16.8. The summed E-state index contributed by atoms with van der Waals surface area (Å²) < 4.78 is 0. The molecule has 3 rings (SSSR count). The molecular formula is C21H20ClN3O3. The van der Waals surface area contributed by atoms with Gasteiger partial charge in [-0.3, -0.25) is 14.4 Å². The molecule has 7 heteroatoms. The molecule has 144 valence electrons. The smallest absolute Gasteiger partial charge is 0.261 e. The summed E-state index contributed by atoms with van der Waals surface area (Å²) in [4.78, 5) is 41.3. The molecule has 0 saturated heterocycles. The summed E-state index contributed by atoms with van der Waals surface area (Å²) in [5, 5.41) is 3.66. The average molecular weight is 398 g/mol. The van der Waals surface area contributed by atoms with Crippen LogP contribution in [0.25, 0.3) is 10.9 Å². The second-order valence-corrected chi connectivity index (χ2v) is 7.31. The maximum Gasteiger partial charge on any atom is 0.261 e. The molecule has 0 fully saturated rings. The van der Waals surface area contributed by atoms with E-state index in [1.54, 1.807) is 26.2 Å². The fourth-order valence-corrected chi connectivity index (χ4v) is 3.32. The van der Waals surface area contributed by atoms with Crippen molar-refractivity contribution in [3.63, 3.8) is 0 Å².